The molecule has 0 amide bonds. The Kier molecular flexibility index (Phi) is 4.52. The molecule has 2 aromatic carbocycles. The van der Waals surface area contributed by atoms with E-state index in [9.17, 15) is 0 Å². The summed E-state index contributed by atoms with van der Waals surface area (Å²) >= 11 is 2.29. The Bertz CT molecular complexity index is 553. The van der Waals surface area contributed by atoms with E-state index in [0.717, 1.165) is 17.0 Å². The SMILES string of the molecule is CN(C)c1ccc(N)c(OCc2ccc(I)cc2)c1. The zero-order valence-corrected chi connectivity index (χ0v) is 13.2. The van der Waals surface area contributed by atoms with Crippen LogP contribution in [0, 0.1) is 3.57 Å². The van der Waals surface area contributed by atoms with Crippen molar-refractivity contribution in [1.82, 2.24) is 0 Å². The van der Waals surface area contributed by atoms with Crippen LogP contribution in [0.5, 0.6) is 5.75 Å². The van der Waals surface area contributed by atoms with E-state index >= 15 is 0 Å². The molecule has 19 heavy (non-hydrogen) atoms. The number of hydrogen-bond acceptors (Lipinski definition) is 3. The van der Waals surface area contributed by atoms with E-state index in [1.165, 1.54) is 3.57 Å². The summed E-state index contributed by atoms with van der Waals surface area (Å²) in [5, 5.41) is 0. The van der Waals surface area contributed by atoms with Gasteiger partial charge in [-0.25, -0.2) is 0 Å². The average molecular weight is 368 g/mol. The molecule has 0 aliphatic rings. The van der Waals surface area contributed by atoms with Crippen molar-refractivity contribution in [2.75, 3.05) is 24.7 Å². The number of benzene rings is 2. The van der Waals surface area contributed by atoms with Gasteiger partial charge in [0.1, 0.15) is 12.4 Å². The van der Waals surface area contributed by atoms with Crippen LogP contribution in [0.15, 0.2) is 42.5 Å². The second kappa shape index (κ2) is 6.14. The minimum atomic E-state index is 0.526. The standard InChI is InChI=1S/C15H17IN2O/c1-18(2)13-7-8-14(17)15(9-13)19-10-11-3-5-12(16)6-4-11/h3-9H,10,17H2,1-2H3. The Morgan fingerprint density at radius 2 is 1.79 bits per heavy atom. The van der Waals surface area contributed by atoms with Gasteiger partial charge in [-0.15, -0.1) is 0 Å². The van der Waals surface area contributed by atoms with Crippen molar-refractivity contribution in [2.45, 2.75) is 6.61 Å². The minimum Gasteiger partial charge on any atom is -0.487 e. The van der Waals surface area contributed by atoms with Crippen LogP contribution in [0.2, 0.25) is 0 Å². The predicted molar refractivity (Wildman–Crippen MR) is 88.7 cm³/mol. The summed E-state index contributed by atoms with van der Waals surface area (Å²) in [5.74, 6) is 0.727. The van der Waals surface area contributed by atoms with Crippen molar-refractivity contribution >= 4 is 34.0 Å². The van der Waals surface area contributed by atoms with Crippen molar-refractivity contribution in [3.05, 3.63) is 51.6 Å². The monoisotopic (exact) mass is 368 g/mol. The molecule has 0 bridgehead atoms. The zero-order chi connectivity index (χ0) is 13.8. The van der Waals surface area contributed by atoms with E-state index in [2.05, 4.69) is 46.9 Å². The Hall–Kier alpha value is -1.43. The topological polar surface area (TPSA) is 38.5 Å². The summed E-state index contributed by atoms with van der Waals surface area (Å²) in [7, 11) is 3.99. The van der Waals surface area contributed by atoms with Crippen LogP contribution in [-0.2, 0) is 6.61 Å². The van der Waals surface area contributed by atoms with Gasteiger partial charge in [-0.3, -0.25) is 0 Å². The van der Waals surface area contributed by atoms with E-state index in [1.807, 2.05) is 37.2 Å². The molecule has 2 N–H and O–H groups in total. The van der Waals surface area contributed by atoms with Crippen LogP contribution < -0.4 is 15.4 Å². The fraction of sp³-hybridized carbons (Fsp3) is 0.200. The molecule has 0 aliphatic heterocycles. The molecule has 2 aromatic rings. The number of anilines is 2. The van der Waals surface area contributed by atoms with Gasteiger partial charge < -0.3 is 15.4 Å². The Balaban J connectivity index is 2.10. The molecule has 0 saturated heterocycles. The first-order valence-corrected chi connectivity index (χ1v) is 7.08. The van der Waals surface area contributed by atoms with E-state index in [4.69, 9.17) is 10.5 Å². The third kappa shape index (κ3) is 3.76. The quantitative estimate of drug-likeness (QED) is 0.663. The molecule has 3 nitrogen and oxygen atoms in total. The van der Waals surface area contributed by atoms with Gasteiger partial charge in [0, 0.05) is 29.4 Å². The van der Waals surface area contributed by atoms with Crippen LogP contribution in [-0.4, -0.2) is 14.1 Å². The molecule has 0 atom stereocenters. The predicted octanol–water partition coefficient (Wildman–Crippen LogP) is 3.52. The van der Waals surface area contributed by atoms with Crippen LogP contribution in [0.1, 0.15) is 5.56 Å². The smallest absolute Gasteiger partial charge is 0.144 e. The average Bonchev–Trinajstić information content (AvgIpc) is 2.39. The Morgan fingerprint density at radius 3 is 2.42 bits per heavy atom. The zero-order valence-electron chi connectivity index (χ0n) is 11.1. The molecule has 0 radical (unpaired) electrons. The fourth-order valence-corrected chi connectivity index (χ4v) is 2.03. The van der Waals surface area contributed by atoms with E-state index in [-0.39, 0.29) is 0 Å². The molecule has 0 fully saturated rings. The van der Waals surface area contributed by atoms with Crippen molar-refractivity contribution < 1.29 is 4.74 Å². The molecule has 0 heterocycles. The van der Waals surface area contributed by atoms with E-state index in [1.54, 1.807) is 0 Å². The summed E-state index contributed by atoms with van der Waals surface area (Å²) < 4.78 is 7.02. The second-order valence-corrected chi connectivity index (χ2v) is 5.78. The number of rotatable bonds is 4. The maximum Gasteiger partial charge on any atom is 0.144 e. The summed E-state index contributed by atoms with van der Waals surface area (Å²) in [6.45, 7) is 0.526. The first-order valence-electron chi connectivity index (χ1n) is 6.00. The highest BCUT2D eigenvalue weighted by atomic mass is 127. The Morgan fingerprint density at radius 1 is 1.11 bits per heavy atom. The highest BCUT2D eigenvalue weighted by Crippen LogP contribution is 2.27. The lowest BCUT2D eigenvalue weighted by atomic mass is 10.2. The van der Waals surface area contributed by atoms with Crippen LogP contribution >= 0.6 is 22.6 Å². The third-order valence-corrected chi connectivity index (χ3v) is 3.54. The van der Waals surface area contributed by atoms with Crippen molar-refractivity contribution in [1.29, 1.82) is 0 Å². The van der Waals surface area contributed by atoms with Gasteiger partial charge in [0.2, 0.25) is 0 Å². The summed E-state index contributed by atoms with van der Waals surface area (Å²) in [5.41, 5.74) is 8.81. The lowest BCUT2D eigenvalue weighted by Gasteiger charge is -2.15. The number of nitrogens with zero attached hydrogens (tertiary/aromatic N) is 1. The van der Waals surface area contributed by atoms with Crippen LogP contribution in [0.4, 0.5) is 11.4 Å². The third-order valence-electron chi connectivity index (χ3n) is 2.82. The molecule has 0 aliphatic carbocycles. The maximum absolute atomic E-state index is 5.93. The number of hydrogen-bond donors (Lipinski definition) is 1. The normalized spacial score (nSPS) is 10.3. The highest BCUT2D eigenvalue weighted by Gasteiger charge is 2.04. The lowest BCUT2D eigenvalue weighted by Crippen LogP contribution is -2.09. The second-order valence-electron chi connectivity index (χ2n) is 4.53. The highest BCUT2D eigenvalue weighted by molar-refractivity contribution is 14.1. The van der Waals surface area contributed by atoms with Gasteiger partial charge in [0.25, 0.3) is 0 Å². The number of nitrogen functional groups attached to an aromatic ring is 1. The molecule has 100 valence electrons. The molecule has 0 aromatic heterocycles. The van der Waals surface area contributed by atoms with Crippen molar-refractivity contribution in [2.24, 2.45) is 0 Å². The van der Waals surface area contributed by atoms with Gasteiger partial charge in [0.05, 0.1) is 5.69 Å². The molecular weight excluding hydrogens is 351 g/mol. The van der Waals surface area contributed by atoms with Gasteiger partial charge in [-0.2, -0.15) is 0 Å². The summed E-state index contributed by atoms with van der Waals surface area (Å²) in [6, 6.07) is 14.1. The van der Waals surface area contributed by atoms with E-state index < -0.39 is 0 Å². The molecule has 0 spiro atoms. The molecule has 0 unspecified atom stereocenters. The number of ether oxygens (including phenoxy) is 1. The maximum atomic E-state index is 5.93. The molecule has 0 saturated carbocycles. The van der Waals surface area contributed by atoms with Gasteiger partial charge >= 0.3 is 0 Å². The summed E-state index contributed by atoms with van der Waals surface area (Å²) in [6.07, 6.45) is 0. The molecule has 4 heteroatoms. The number of nitrogens with two attached hydrogens (primary N) is 1. The van der Waals surface area contributed by atoms with Crippen molar-refractivity contribution in [3.63, 3.8) is 0 Å². The van der Waals surface area contributed by atoms with Gasteiger partial charge in [-0.1, -0.05) is 12.1 Å². The fourth-order valence-electron chi connectivity index (χ4n) is 1.67. The van der Waals surface area contributed by atoms with Crippen LogP contribution in [0.3, 0.4) is 0 Å². The largest absolute Gasteiger partial charge is 0.487 e. The first-order chi connectivity index (χ1) is 9.06. The van der Waals surface area contributed by atoms with Crippen LogP contribution in [0.25, 0.3) is 0 Å². The summed E-state index contributed by atoms with van der Waals surface area (Å²) in [4.78, 5) is 2.02. The van der Waals surface area contributed by atoms with E-state index in [0.29, 0.717) is 12.3 Å². The Labute approximate surface area is 127 Å². The lowest BCUT2D eigenvalue weighted by molar-refractivity contribution is 0.308. The van der Waals surface area contributed by atoms with Gasteiger partial charge in [-0.05, 0) is 52.4 Å². The minimum absolute atomic E-state index is 0.526. The number of halogens is 1. The van der Waals surface area contributed by atoms with Gasteiger partial charge in [0.15, 0.2) is 0 Å². The molecular formula is C15H17IN2O. The van der Waals surface area contributed by atoms with Crippen molar-refractivity contribution in [3.8, 4) is 5.75 Å². The molecule has 2 rings (SSSR count). The first kappa shape index (κ1) is 14.0.